The highest BCUT2D eigenvalue weighted by Gasteiger charge is 2.13. The smallest absolute Gasteiger partial charge is 0.325 e. The zero-order chi connectivity index (χ0) is 13.5. The van der Waals surface area contributed by atoms with Gasteiger partial charge in [-0.2, -0.15) is 0 Å². The first-order valence-corrected chi connectivity index (χ1v) is 5.66. The summed E-state index contributed by atoms with van der Waals surface area (Å²) in [5, 5.41) is 0. The molecule has 1 aromatic rings. The second kappa shape index (κ2) is 6.58. The van der Waals surface area contributed by atoms with E-state index in [0.29, 0.717) is 6.54 Å². The van der Waals surface area contributed by atoms with Crippen LogP contribution in [0.25, 0.3) is 0 Å². The van der Waals surface area contributed by atoms with Crippen LogP contribution in [0.5, 0.6) is 0 Å². The van der Waals surface area contributed by atoms with E-state index in [1.54, 1.807) is 12.1 Å². The molecule has 1 rings (SSSR count). The van der Waals surface area contributed by atoms with Gasteiger partial charge in [-0.05, 0) is 18.6 Å². The molecule has 1 amide bonds. The molecule has 0 aliphatic carbocycles. The van der Waals surface area contributed by atoms with Gasteiger partial charge in [0, 0.05) is 18.4 Å². The lowest BCUT2D eigenvalue weighted by atomic mass is 10.2. The topological polar surface area (TPSA) is 85.5 Å². The number of rotatable bonds is 6. The van der Waals surface area contributed by atoms with Crippen molar-refractivity contribution in [1.29, 1.82) is 0 Å². The van der Waals surface area contributed by atoms with Crippen LogP contribution in [0.4, 0.5) is 5.69 Å². The number of carbonyl (C=O) groups is 2. The number of methoxy groups -OCH3 is 1. The van der Waals surface area contributed by atoms with E-state index < -0.39 is 5.91 Å². The Morgan fingerprint density at radius 3 is 2.78 bits per heavy atom. The first-order chi connectivity index (χ1) is 8.58. The highest BCUT2D eigenvalue weighted by molar-refractivity contribution is 5.91. The predicted octanol–water partition coefficient (Wildman–Crippen LogP) is 0.570. The first-order valence-electron chi connectivity index (χ1n) is 5.66. The van der Waals surface area contributed by atoms with E-state index in [-0.39, 0.29) is 18.2 Å². The molecule has 0 aromatic carbocycles. The fraction of sp³-hybridized carbons (Fsp3) is 0.417. The Kier molecular flexibility index (Phi) is 5.10. The first kappa shape index (κ1) is 14.0. The monoisotopic (exact) mass is 251 g/mol. The third-order valence-corrected chi connectivity index (χ3v) is 2.40. The third-order valence-electron chi connectivity index (χ3n) is 2.40. The molecule has 6 heteroatoms. The average molecular weight is 251 g/mol. The van der Waals surface area contributed by atoms with Crippen LogP contribution in [0.15, 0.2) is 18.3 Å². The maximum atomic E-state index is 11.3. The Labute approximate surface area is 106 Å². The summed E-state index contributed by atoms with van der Waals surface area (Å²) in [5.74, 6) is -0.924. The van der Waals surface area contributed by atoms with Crippen LogP contribution < -0.4 is 10.6 Å². The number of pyridine rings is 1. The highest BCUT2D eigenvalue weighted by atomic mass is 16.5. The Bertz CT molecular complexity index is 434. The number of hydrogen-bond acceptors (Lipinski definition) is 5. The number of nitrogens with zero attached hydrogens (tertiary/aromatic N) is 2. The van der Waals surface area contributed by atoms with E-state index >= 15 is 0 Å². The van der Waals surface area contributed by atoms with Crippen LogP contribution >= 0.6 is 0 Å². The van der Waals surface area contributed by atoms with Crippen molar-refractivity contribution in [3.05, 3.63) is 24.0 Å². The second-order valence-electron chi connectivity index (χ2n) is 3.76. The summed E-state index contributed by atoms with van der Waals surface area (Å²) < 4.78 is 4.64. The minimum Gasteiger partial charge on any atom is -0.468 e. The molecule has 0 unspecified atom stereocenters. The standard InChI is InChI=1S/C12H17N3O3/c1-3-6-15(8-11(16)18-2)9-4-5-14-10(7-9)12(13)17/h4-5,7H,3,6,8H2,1-2H3,(H2,13,17). The fourth-order valence-electron chi connectivity index (χ4n) is 1.54. The van der Waals surface area contributed by atoms with Crippen molar-refractivity contribution in [3.63, 3.8) is 0 Å². The molecule has 98 valence electrons. The van der Waals surface area contributed by atoms with Crippen molar-refractivity contribution in [1.82, 2.24) is 4.98 Å². The number of hydrogen-bond donors (Lipinski definition) is 1. The summed E-state index contributed by atoms with van der Waals surface area (Å²) in [7, 11) is 1.34. The molecule has 0 saturated heterocycles. The van der Waals surface area contributed by atoms with Gasteiger partial charge in [-0.15, -0.1) is 0 Å². The van der Waals surface area contributed by atoms with Crippen molar-refractivity contribution in [2.24, 2.45) is 5.73 Å². The van der Waals surface area contributed by atoms with Crippen molar-refractivity contribution in [3.8, 4) is 0 Å². The minimum absolute atomic E-state index is 0.132. The second-order valence-corrected chi connectivity index (χ2v) is 3.76. The number of carbonyl (C=O) groups excluding carboxylic acids is 2. The van der Waals surface area contributed by atoms with Crippen molar-refractivity contribution >= 4 is 17.6 Å². The molecule has 1 aromatic heterocycles. The molecule has 1 heterocycles. The number of nitrogens with two attached hydrogens (primary N) is 1. The van der Waals surface area contributed by atoms with E-state index in [2.05, 4.69) is 9.72 Å². The quantitative estimate of drug-likeness (QED) is 0.747. The molecule has 0 spiro atoms. The normalized spacial score (nSPS) is 9.89. The van der Waals surface area contributed by atoms with Crippen LogP contribution in [0.3, 0.4) is 0 Å². The third kappa shape index (κ3) is 3.73. The molecule has 2 N–H and O–H groups in total. The Morgan fingerprint density at radius 2 is 2.22 bits per heavy atom. The molecule has 0 bridgehead atoms. The lowest BCUT2D eigenvalue weighted by Gasteiger charge is -2.22. The molecular weight excluding hydrogens is 234 g/mol. The van der Waals surface area contributed by atoms with Gasteiger partial charge in [0.15, 0.2) is 0 Å². The molecule has 0 fully saturated rings. The van der Waals surface area contributed by atoms with Crippen molar-refractivity contribution in [2.75, 3.05) is 25.1 Å². The Balaban J connectivity index is 2.94. The lowest BCUT2D eigenvalue weighted by Crippen LogP contribution is -2.31. The van der Waals surface area contributed by atoms with Gasteiger partial charge in [0.1, 0.15) is 12.2 Å². The summed E-state index contributed by atoms with van der Waals surface area (Å²) >= 11 is 0. The number of esters is 1. The van der Waals surface area contributed by atoms with Crippen LogP contribution in [0.1, 0.15) is 23.8 Å². The van der Waals surface area contributed by atoms with Gasteiger partial charge in [-0.1, -0.05) is 6.92 Å². The minimum atomic E-state index is -0.591. The molecule has 0 aliphatic rings. The number of anilines is 1. The molecule has 6 nitrogen and oxygen atoms in total. The number of primary amides is 1. The molecule has 0 atom stereocenters. The van der Waals surface area contributed by atoms with Crippen LogP contribution in [-0.2, 0) is 9.53 Å². The Hall–Kier alpha value is -2.11. The van der Waals surface area contributed by atoms with E-state index in [9.17, 15) is 9.59 Å². The van der Waals surface area contributed by atoms with Crippen LogP contribution in [0.2, 0.25) is 0 Å². The maximum Gasteiger partial charge on any atom is 0.325 e. The Morgan fingerprint density at radius 1 is 1.50 bits per heavy atom. The van der Waals surface area contributed by atoms with Crippen molar-refractivity contribution < 1.29 is 14.3 Å². The van der Waals surface area contributed by atoms with E-state index in [1.807, 2.05) is 11.8 Å². The zero-order valence-corrected chi connectivity index (χ0v) is 10.5. The molecule has 0 aliphatic heterocycles. The average Bonchev–Trinajstić information content (AvgIpc) is 2.38. The van der Waals surface area contributed by atoms with E-state index in [1.165, 1.54) is 13.3 Å². The van der Waals surface area contributed by atoms with Gasteiger partial charge in [-0.3, -0.25) is 14.6 Å². The number of aromatic nitrogens is 1. The van der Waals surface area contributed by atoms with Gasteiger partial charge < -0.3 is 15.4 Å². The maximum absolute atomic E-state index is 11.3. The zero-order valence-electron chi connectivity index (χ0n) is 10.5. The summed E-state index contributed by atoms with van der Waals surface area (Å²) in [5.41, 5.74) is 6.08. The summed E-state index contributed by atoms with van der Waals surface area (Å²) in [4.78, 5) is 28.1. The fourth-order valence-corrected chi connectivity index (χ4v) is 1.54. The predicted molar refractivity (Wildman–Crippen MR) is 67.3 cm³/mol. The highest BCUT2D eigenvalue weighted by Crippen LogP contribution is 2.14. The summed E-state index contributed by atoms with van der Waals surface area (Å²) in [6, 6.07) is 3.30. The molecular formula is C12H17N3O3. The van der Waals surface area contributed by atoms with E-state index in [4.69, 9.17) is 5.73 Å². The largest absolute Gasteiger partial charge is 0.468 e. The van der Waals surface area contributed by atoms with Gasteiger partial charge in [0.25, 0.3) is 5.91 Å². The van der Waals surface area contributed by atoms with Crippen molar-refractivity contribution in [2.45, 2.75) is 13.3 Å². The molecule has 18 heavy (non-hydrogen) atoms. The molecule has 0 saturated carbocycles. The van der Waals surface area contributed by atoms with E-state index in [0.717, 1.165) is 12.1 Å². The van der Waals surface area contributed by atoms with Gasteiger partial charge in [0.05, 0.1) is 7.11 Å². The number of amides is 1. The molecule has 0 radical (unpaired) electrons. The lowest BCUT2D eigenvalue weighted by molar-refractivity contribution is -0.138. The SMILES string of the molecule is CCCN(CC(=O)OC)c1ccnc(C(N)=O)c1. The van der Waals surface area contributed by atoms with Crippen LogP contribution in [-0.4, -0.2) is 37.1 Å². The number of ether oxygens (including phenoxy) is 1. The summed E-state index contributed by atoms with van der Waals surface area (Å²) in [6.07, 6.45) is 2.36. The van der Waals surface area contributed by atoms with Gasteiger partial charge in [-0.25, -0.2) is 0 Å². The summed E-state index contributed by atoms with van der Waals surface area (Å²) in [6.45, 7) is 2.81. The van der Waals surface area contributed by atoms with Gasteiger partial charge >= 0.3 is 5.97 Å². The van der Waals surface area contributed by atoms with Crippen LogP contribution in [0, 0.1) is 0 Å². The van der Waals surface area contributed by atoms with Gasteiger partial charge in [0.2, 0.25) is 0 Å².